The number of rotatable bonds is 19. The van der Waals surface area contributed by atoms with Crippen LogP contribution in [0.15, 0.2) is 53.4 Å². The second-order valence-electron chi connectivity index (χ2n) is 9.55. The molecule has 0 unspecified atom stereocenters. The third kappa shape index (κ3) is 12.5. The van der Waals surface area contributed by atoms with Crippen LogP contribution in [-0.4, -0.2) is 25.4 Å². The Kier molecular flexibility index (Phi) is 14.2. The zero-order valence-electron chi connectivity index (χ0n) is 21.8. The summed E-state index contributed by atoms with van der Waals surface area (Å²) in [4.78, 5) is 12.2. The molecule has 2 rings (SSSR count). The first-order chi connectivity index (χ1) is 17.4. The Hall–Kier alpha value is -2.38. The van der Waals surface area contributed by atoms with E-state index in [9.17, 15) is 13.2 Å². The van der Waals surface area contributed by atoms with Crippen molar-refractivity contribution in [1.29, 1.82) is 0 Å². The summed E-state index contributed by atoms with van der Waals surface area (Å²) in [6.45, 7) is 3.19. The van der Waals surface area contributed by atoms with Gasteiger partial charge in [0.05, 0.1) is 4.90 Å². The molecule has 36 heavy (non-hydrogen) atoms. The van der Waals surface area contributed by atoms with Gasteiger partial charge in [-0.25, -0.2) is 0 Å². The van der Waals surface area contributed by atoms with Crippen molar-refractivity contribution in [2.45, 2.75) is 102 Å². The lowest BCUT2D eigenvalue weighted by Gasteiger charge is -2.09. The van der Waals surface area contributed by atoms with Crippen LogP contribution < -0.4 is 10.6 Å². The fourth-order valence-corrected chi connectivity index (χ4v) is 4.69. The molecular formula is C29H44N2O4S. The normalized spacial score (nSPS) is 11.4. The minimum atomic E-state index is -4.25. The minimum absolute atomic E-state index is 0.213. The second kappa shape index (κ2) is 17.1. The first-order valence-electron chi connectivity index (χ1n) is 13.6. The molecule has 0 aliphatic rings. The van der Waals surface area contributed by atoms with Crippen LogP contribution in [0.2, 0.25) is 0 Å². The molecule has 0 saturated heterocycles. The van der Waals surface area contributed by atoms with Gasteiger partial charge in [-0.2, -0.15) is 8.42 Å². The van der Waals surface area contributed by atoms with Crippen LogP contribution in [0.5, 0.6) is 0 Å². The van der Waals surface area contributed by atoms with Crippen LogP contribution in [0, 0.1) is 0 Å². The molecule has 0 atom stereocenters. The van der Waals surface area contributed by atoms with Crippen molar-refractivity contribution in [2.24, 2.45) is 0 Å². The maximum Gasteiger partial charge on any atom is 0.294 e. The number of nitrogens with one attached hydrogen (secondary N) is 2. The molecule has 0 bridgehead atoms. The van der Waals surface area contributed by atoms with Gasteiger partial charge in [0.15, 0.2) is 0 Å². The summed E-state index contributed by atoms with van der Waals surface area (Å²) in [5.41, 5.74) is 1.95. The van der Waals surface area contributed by atoms with Gasteiger partial charge >= 0.3 is 0 Å². The molecule has 0 heterocycles. The van der Waals surface area contributed by atoms with Crippen LogP contribution >= 0.6 is 0 Å². The number of carbonyl (C=O) groups is 1. The fraction of sp³-hybridized carbons (Fsp3) is 0.552. The lowest BCUT2D eigenvalue weighted by atomic mass is 10.0. The number of carbonyl (C=O) groups excluding carboxylic acids is 1. The predicted molar refractivity (Wildman–Crippen MR) is 149 cm³/mol. The van der Waals surface area contributed by atoms with E-state index in [2.05, 4.69) is 17.6 Å². The number of unbranched alkanes of at least 4 members (excludes halogenated alkanes) is 13. The molecule has 2 aromatic rings. The Morgan fingerprint density at radius 2 is 1.11 bits per heavy atom. The highest BCUT2D eigenvalue weighted by molar-refractivity contribution is 7.85. The molecule has 0 aliphatic heterocycles. The van der Waals surface area contributed by atoms with Gasteiger partial charge in [-0.3, -0.25) is 9.35 Å². The number of benzene rings is 2. The Bertz CT molecular complexity index is 973. The van der Waals surface area contributed by atoms with Gasteiger partial charge < -0.3 is 10.6 Å². The fourth-order valence-electron chi connectivity index (χ4n) is 4.21. The summed E-state index contributed by atoms with van der Waals surface area (Å²) in [6.07, 6.45) is 18.9. The van der Waals surface area contributed by atoms with Gasteiger partial charge in [0.2, 0.25) is 0 Å². The molecule has 0 fully saturated rings. The van der Waals surface area contributed by atoms with E-state index in [1.54, 1.807) is 12.1 Å². The average Bonchev–Trinajstić information content (AvgIpc) is 2.86. The number of hydrogen-bond donors (Lipinski definition) is 3. The molecule has 3 N–H and O–H groups in total. The van der Waals surface area contributed by atoms with E-state index in [1.807, 2.05) is 12.1 Å². The number of anilines is 2. The third-order valence-electron chi connectivity index (χ3n) is 6.42. The van der Waals surface area contributed by atoms with Gasteiger partial charge in [-0.15, -0.1) is 0 Å². The molecule has 0 aliphatic carbocycles. The quantitative estimate of drug-likeness (QED) is 0.130. The molecule has 0 radical (unpaired) electrons. The molecule has 0 saturated carbocycles. The maximum atomic E-state index is 12.4. The van der Waals surface area contributed by atoms with E-state index in [0.717, 1.165) is 18.7 Å². The summed E-state index contributed by atoms with van der Waals surface area (Å²) < 4.78 is 31.2. The molecular weight excluding hydrogens is 472 g/mol. The largest absolute Gasteiger partial charge is 0.385 e. The summed E-state index contributed by atoms with van der Waals surface area (Å²) >= 11 is 0. The zero-order valence-corrected chi connectivity index (χ0v) is 22.6. The van der Waals surface area contributed by atoms with E-state index in [-0.39, 0.29) is 10.8 Å². The molecule has 6 nitrogen and oxygen atoms in total. The standard InChI is InChI=1S/C29H44N2O4S/c1-2-3-4-5-6-7-8-9-10-11-12-13-14-15-24-30-26-18-16-25(17-19-26)29(32)31-27-20-22-28(23-21-27)36(33,34)35/h16-23,30H,2-15,24H2,1H3,(H,31,32)(H,33,34,35). The highest BCUT2D eigenvalue weighted by Crippen LogP contribution is 2.17. The Morgan fingerprint density at radius 3 is 1.58 bits per heavy atom. The Morgan fingerprint density at radius 1 is 0.667 bits per heavy atom. The summed E-state index contributed by atoms with van der Waals surface area (Å²) in [7, 11) is -4.25. The van der Waals surface area contributed by atoms with Gasteiger partial charge in [0, 0.05) is 23.5 Å². The minimum Gasteiger partial charge on any atom is -0.385 e. The molecule has 1 amide bonds. The molecule has 0 spiro atoms. The first-order valence-corrected chi connectivity index (χ1v) is 15.1. The molecule has 7 heteroatoms. The van der Waals surface area contributed by atoms with Gasteiger partial charge in [-0.1, -0.05) is 90.4 Å². The van der Waals surface area contributed by atoms with Crippen molar-refractivity contribution in [3.63, 3.8) is 0 Å². The van der Waals surface area contributed by atoms with E-state index < -0.39 is 10.1 Å². The first kappa shape index (κ1) is 29.8. The van der Waals surface area contributed by atoms with Gasteiger partial charge in [0.1, 0.15) is 0 Å². The zero-order chi connectivity index (χ0) is 26.1. The van der Waals surface area contributed by atoms with Crippen molar-refractivity contribution in [1.82, 2.24) is 0 Å². The van der Waals surface area contributed by atoms with Crippen molar-refractivity contribution < 1.29 is 17.8 Å². The van der Waals surface area contributed by atoms with E-state index in [1.165, 1.54) is 108 Å². The monoisotopic (exact) mass is 516 g/mol. The predicted octanol–water partition coefficient (Wildman–Crippen LogP) is 8.08. The topological polar surface area (TPSA) is 95.5 Å². The van der Waals surface area contributed by atoms with Crippen LogP contribution in [0.1, 0.15) is 107 Å². The summed E-state index contributed by atoms with van der Waals surface area (Å²) in [5, 5.41) is 6.13. The number of amides is 1. The third-order valence-corrected chi connectivity index (χ3v) is 7.28. The van der Waals surface area contributed by atoms with E-state index in [0.29, 0.717) is 11.3 Å². The van der Waals surface area contributed by atoms with Gasteiger partial charge in [-0.05, 0) is 55.0 Å². The van der Waals surface area contributed by atoms with Crippen molar-refractivity contribution >= 4 is 27.4 Å². The Balaban J connectivity index is 1.51. The van der Waals surface area contributed by atoms with Crippen molar-refractivity contribution in [2.75, 3.05) is 17.2 Å². The molecule has 0 aromatic heterocycles. The average molecular weight is 517 g/mol. The lowest BCUT2D eigenvalue weighted by molar-refractivity contribution is 0.102. The summed E-state index contributed by atoms with van der Waals surface area (Å²) in [5.74, 6) is -0.284. The SMILES string of the molecule is CCCCCCCCCCCCCCCCNc1ccc(C(=O)Nc2ccc(S(=O)(=O)O)cc2)cc1. The van der Waals surface area contributed by atoms with Crippen LogP contribution in [0.3, 0.4) is 0 Å². The molecule has 2 aromatic carbocycles. The smallest absolute Gasteiger partial charge is 0.294 e. The van der Waals surface area contributed by atoms with Crippen LogP contribution in [-0.2, 0) is 10.1 Å². The second-order valence-corrected chi connectivity index (χ2v) is 11.0. The van der Waals surface area contributed by atoms with Crippen LogP contribution in [0.25, 0.3) is 0 Å². The summed E-state index contributed by atoms with van der Waals surface area (Å²) in [6, 6.07) is 12.7. The van der Waals surface area contributed by atoms with Crippen molar-refractivity contribution in [3.05, 3.63) is 54.1 Å². The molecule has 200 valence electrons. The van der Waals surface area contributed by atoms with E-state index in [4.69, 9.17) is 4.55 Å². The van der Waals surface area contributed by atoms with Crippen molar-refractivity contribution in [3.8, 4) is 0 Å². The highest BCUT2D eigenvalue weighted by atomic mass is 32.2. The highest BCUT2D eigenvalue weighted by Gasteiger charge is 2.10. The van der Waals surface area contributed by atoms with Crippen LogP contribution in [0.4, 0.5) is 11.4 Å². The van der Waals surface area contributed by atoms with E-state index >= 15 is 0 Å². The van der Waals surface area contributed by atoms with Gasteiger partial charge in [0.25, 0.3) is 16.0 Å². The maximum absolute atomic E-state index is 12.4. The Labute approximate surface area is 218 Å². The number of hydrogen-bond acceptors (Lipinski definition) is 4. The lowest BCUT2D eigenvalue weighted by Crippen LogP contribution is -2.12.